The first-order chi connectivity index (χ1) is 8.36. The van der Waals surface area contributed by atoms with E-state index in [-0.39, 0.29) is 0 Å². The fraction of sp³-hybridized carbons (Fsp3) is 0.286. The molecule has 0 saturated heterocycles. The van der Waals surface area contributed by atoms with Gasteiger partial charge in [0.1, 0.15) is 5.69 Å². The minimum Gasteiger partial charge on any atom is -0.251 e. The highest BCUT2D eigenvalue weighted by Gasteiger charge is 2.23. The number of nitrogens with zero attached hydrogens (tertiary/aromatic N) is 2. The van der Waals surface area contributed by atoms with Crippen LogP contribution < -0.4 is 0 Å². The number of hydrogen-bond acceptors (Lipinski definition) is 2. The Bertz CT molecular complexity index is 535. The third-order valence-electron chi connectivity index (χ3n) is 3.41. The number of hydrogen-bond donors (Lipinski definition) is 0. The lowest BCUT2D eigenvalue weighted by atomic mass is 9.78. The first kappa shape index (κ1) is 10.7. The number of rotatable bonds is 2. The van der Waals surface area contributed by atoms with Crippen LogP contribution in [-0.2, 0) is 0 Å². The summed E-state index contributed by atoms with van der Waals surface area (Å²) >= 11 is 6.12. The highest BCUT2D eigenvalue weighted by Crippen LogP contribution is 2.41. The van der Waals surface area contributed by atoms with Gasteiger partial charge >= 0.3 is 0 Å². The van der Waals surface area contributed by atoms with E-state index in [1.54, 1.807) is 12.4 Å². The zero-order valence-corrected chi connectivity index (χ0v) is 10.2. The molecule has 0 bridgehead atoms. The van der Waals surface area contributed by atoms with Gasteiger partial charge in [0, 0.05) is 18.0 Å². The van der Waals surface area contributed by atoms with Crippen molar-refractivity contribution in [3.63, 3.8) is 0 Å². The van der Waals surface area contributed by atoms with E-state index in [4.69, 9.17) is 11.6 Å². The Morgan fingerprint density at radius 1 is 1.06 bits per heavy atom. The summed E-state index contributed by atoms with van der Waals surface area (Å²) in [5.74, 6) is 0.671. The lowest BCUT2D eigenvalue weighted by Crippen LogP contribution is -2.10. The summed E-state index contributed by atoms with van der Waals surface area (Å²) in [6, 6.07) is 8.39. The van der Waals surface area contributed by atoms with Crippen LogP contribution >= 0.6 is 11.6 Å². The maximum absolute atomic E-state index is 6.12. The second kappa shape index (κ2) is 4.46. The van der Waals surface area contributed by atoms with Crippen molar-refractivity contribution in [3.05, 3.63) is 47.4 Å². The molecular formula is C14H13ClN2. The minimum absolute atomic E-state index is 0.485. The van der Waals surface area contributed by atoms with Crippen molar-refractivity contribution >= 4 is 11.6 Å². The Balaban J connectivity index is 2.11. The molecule has 3 heteroatoms. The van der Waals surface area contributed by atoms with Crippen LogP contribution in [0.3, 0.4) is 0 Å². The van der Waals surface area contributed by atoms with Gasteiger partial charge in [0.2, 0.25) is 0 Å². The Hall–Kier alpha value is -1.41. The largest absolute Gasteiger partial charge is 0.251 e. The Labute approximate surface area is 106 Å². The summed E-state index contributed by atoms with van der Waals surface area (Å²) < 4.78 is 0. The molecule has 0 atom stereocenters. The first-order valence-corrected chi connectivity index (χ1v) is 6.30. The van der Waals surface area contributed by atoms with E-state index in [2.05, 4.69) is 28.2 Å². The molecule has 0 radical (unpaired) electrons. The fourth-order valence-corrected chi connectivity index (χ4v) is 2.50. The lowest BCUT2D eigenvalue weighted by molar-refractivity contribution is 0.420. The Morgan fingerprint density at radius 3 is 2.53 bits per heavy atom. The van der Waals surface area contributed by atoms with E-state index in [0.717, 1.165) is 11.3 Å². The monoisotopic (exact) mass is 244 g/mol. The van der Waals surface area contributed by atoms with Crippen LogP contribution in [0, 0.1) is 0 Å². The molecule has 1 aromatic carbocycles. The molecule has 2 aromatic rings. The molecule has 1 aromatic heterocycles. The van der Waals surface area contributed by atoms with Crippen molar-refractivity contribution in [1.29, 1.82) is 0 Å². The van der Waals surface area contributed by atoms with E-state index >= 15 is 0 Å². The van der Waals surface area contributed by atoms with Gasteiger partial charge < -0.3 is 0 Å². The highest BCUT2D eigenvalue weighted by atomic mass is 35.5. The third kappa shape index (κ3) is 1.93. The van der Waals surface area contributed by atoms with Crippen molar-refractivity contribution in [2.75, 3.05) is 0 Å². The smallest absolute Gasteiger partial charge is 0.155 e. The summed E-state index contributed by atoms with van der Waals surface area (Å²) in [6.07, 6.45) is 7.19. The molecule has 0 amide bonds. The predicted molar refractivity (Wildman–Crippen MR) is 69.1 cm³/mol. The van der Waals surface area contributed by atoms with Gasteiger partial charge in [-0.05, 0) is 24.3 Å². The van der Waals surface area contributed by atoms with Gasteiger partial charge in [-0.1, -0.05) is 42.3 Å². The van der Waals surface area contributed by atoms with Crippen molar-refractivity contribution in [1.82, 2.24) is 9.97 Å². The molecule has 3 rings (SSSR count). The third-order valence-corrected chi connectivity index (χ3v) is 3.69. The molecule has 1 saturated carbocycles. The molecule has 1 heterocycles. The molecule has 1 fully saturated rings. The van der Waals surface area contributed by atoms with Crippen molar-refractivity contribution < 1.29 is 0 Å². The van der Waals surface area contributed by atoms with E-state index < -0.39 is 0 Å². The summed E-state index contributed by atoms with van der Waals surface area (Å²) in [7, 11) is 0. The lowest BCUT2D eigenvalue weighted by Gasteiger charge is -2.27. The molecule has 0 aliphatic heterocycles. The SMILES string of the molecule is Clc1nccnc1-c1ccccc1C1CCC1. The second-order valence-corrected chi connectivity index (χ2v) is 4.77. The standard InChI is InChI=1S/C14H13ClN2/c15-14-13(16-8-9-17-14)12-7-2-1-6-11(12)10-4-3-5-10/h1-2,6-10H,3-5H2. The van der Waals surface area contributed by atoms with Crippen LogP contribution in [0.15, 0.2) is 36.7 Å². The summed E-state index contributed by atoms with van der Waals surface area (Å²) in [6.45, 7) is 0. The maximum atomic E-state index is 6.12. The summed E-state index contributed by atoms with van der Waals surface area (Å²) in [5, 5.41) is 0.485. The van der Waals surface area contributed by atoms with Crippen LogP contribution in [0.2, 0.25) is 5.15 Å². The average Bonchev–Trinajstić information content (AvgIpc) is 2.29. The zero-order valence-electron chi connectivity index (χ0n) is 9.44. The minimum atomic E-state index is 0.485. The predicted octanol–water partition coefficient (Wildman–Crippen LogP) is 4.06. The normalized spacial score (nSPS) is 15.6. The highest BCUT2D eigenvalue weighted by molar-refractivity contribution is 6.31. The zero-order chi connectivity index (χ0) is 11.7. The number of aromatic nitrogens is 2. The maximum Gasteiger partial charge on any atom is 0.155 e. The Kier molecular flexibility index (Phi) is 2.81. The summed E-state index contributed by atoms with van der Waals surface area (Å²) in [5.41, 5.74) is 3.30. The van der Waals surface area contributed by atoms with Crippen LogP contribution in [0.25, 0.3) is 11.3 Å². The topological polar surface area (TPSA) is 25.8 Å². The molecule has 17 heavy (non-hydrogen) atoms. The van der Waals surface area contributed by atoms with E-state index in [1.807, 2.05) is 6.07 Å². The molecule has 0 N–H and O–H groups in total. The molecule has 0 unspecified atom stereocenters. The van der Waals surface area contributed by atoms with Crippen molar-refractivity contribution in [2.45, 2.75) is 25.2 Å². The molecular weight excluding hydrogens is 232 g/mol. The summed E-state index contributed by atoms with van der Waals surface area (Å²) in [4.78, 5) is 8.46. The van der Waals surface area contributed by atoms with Gasteiger partial charge in [-0.15, -0.1) is 0 Å². The number of halogens is 1. The quantitative estimate of drug-likeness (QED) is 0.796. The van der Waals surface area contributed by atoms with Crippen LogP contribution in [0.5, 0.6) is 0 Å². The van der Waals surface area contributed by atoms with Gasteiger partial charge in [0.05, 0.1) is 0 Å². The van der Waals surface area contributed by atoms with Crippen molar-refractivity contribution in [2.24, 2.45) is 0 Å². The second-order valence-electron chi connectivity index (χ2n) is 4.41. The Morgan fingerprint density at radius 2 is 1.82 bits per heavy atom. The van der Waals surface area contributed by atoms with E-state index in [0.29, 0.717) is 11.1 Å². The molecule has 1 aliphatic rings. The fourth-order valence-electron chi connectivity index (χ4n) is 2.29. The van der Waals surface area contributed by atoms with Gasteiger partial charge in [-0.25, -0.2) is 4.98 Å². The van der Waals surface area contributed by atoms with Crippen LogP contribution in [0.1, 0.15) is 30.7 Å². The average molecular weight is 245 g/mol. The van der Waals surface area contributed by atoms with E-state index in [9.17, 15) is 0 Å². The molecule has 86 valence electrons. The van der Waals surface area contributed by atoms with E-state index in [1.165, 1.54) is 24.8 Å². The van der Waals surface area contributed by atoms with Crippen molar-refractivity contribution in [3.8, 4) is 11.3 Å². The van der Waals surface area contributed by atoms with Gasteiger partial charge in [-0.3, -0.25) is 4.98 Å². The van der Waals surface area contributed by atoms with Gasteiger partial charge in [-0.2, -0.15) is 0 Å². The number of benzene rings is 1. The van der Waals surface area contributed by atoms with Crippen LogP contribution in [0.4, 0.5) is 0 Å². The first-order valence-electron chi connectivity index (χ1n) is 5.92. The van der Waals surface area contributed by atoms with Gasteiger partial charge in [0.25, 0.3) is 0 Å². The molecule has 1 aliphatic carbocycles. The molecule has 2 nitrogen and oxygen atoms in total. The van der Waals surface area contributed by atoms with Crippen LogP contribution in [-0.4, -0.2) is 9.97 Å². The van der Waals surface area contributed by atoms with Gasteiger partial charge in [0.15, 0.2) is 5.15 Å². The molecule has 0 spiro atoms.